The molecule has 5 heteroatoms. The quantitative estimate of drug-likeness (QED) is 0.705. The molecule has 0 bridgehead atoms. The Morgan fingerprint density at radius 1 is 1.11 bits per heavy atom. The van der Waals surface area contributed by atoms with Crippen LogP contribution in [0.15, 0.2) is 48.5 Å². The molecule has 0 unspecified atom stereocenters. The van der Waals surface area contributed by atoms with Crippen molar-refractivity contribution in [1.82, 2.24) is 4.90 Å². The topological polar surface area (TPSA) is 47.3 Å². The molecule has 1 saturated carbocycles. The fourth-order valence-corrected chi connectivity index (χ4v) is 4.74. The Kier molecular flexibility index (Phi) is 5.03. The Morgan fingerprint density at radius 2 is 1.82 bits per heavy atom. The van der Waals surface area contributed by atoms with Crippen molar-refractivity contribution in [2.45, 2.75) is 44.1 Å². The molecule has 0 spiro atoms. The molecule has 2 aromatic rings. The molecule has 1 aliphatic carbocycles. The van der Waals surface area contributed by atoms with E-state index < -0.39 is 0 Å². The third-order valence-electron chi connectivity index (χ3n) is 6.37. The minimum Gasteiger partial charge on any atom is -0.320 e. The van der Waals surface area contributed by atoms with Crippen molar-refractivity contribution in [1.29, 1.82) is 5.26 Å². The number of anilines is 1. The van der Waals surface area contributed by atoms with E-state index in [1.165, 1.54) is 5.56 Å². The Bertz CT molecular complexity index is 910. The van der Waals surface area contributed by atoms with Crippen LogP contribution in [0.2, 0.25) is 5.02 Å². The van der Waals surface area contributed by atoms with Gasteiger partial charge in [0.15, 0.2) is 0 Å². The molecule has 2 aromatic carbocycles. The highest BCUT2D eigenvalue weighted by Gasteiger charge is 2.39. The number of benzene rings is 2. The third-order valence-corrected chi connectivity index (χ3v) is 6.61. The van der Waals surface area contributed by atoms with E-state index in [9.17, 15) is 4.79 Å². The van der Waals surface area contributed by atoms with E-state index >= 15 is 0 Å². The second-order valence-electron chi connectivity index (χ2n) is 8.09. The van der Waals surface area contributed by atoms with Crippen LogP contribution in [0.5, 0.6) is 0 Å². The molecule has 4 rings (SSSR count). The summed E-state index contributed by atoms with van der Waals surface area (Å²) in [4.78, 5) is 16.9. The van der Waals surface area contributed by atoms with Gasteiger partial charge in [-0.05, 0) is 73.1 Å². The molecular weight excluding hydrogens is 370 g/mol. The van der Waals surface area contributed by atoms with E-state index in [0.717, 1.165) is 42.9 Å². The van der Waals surface area contributed by atoms with Gasteiger partial charge in [-0.25, -0.2) is 4.79 Å². The largest absolute Gasteiger partial charge is 0.324 e. The van der Waals surface area contributed by atoms with Crippen LogP contribution >= 0.6 is 11.6 Å². The van der Waals surface area contributed by atoms with Crippen LogP contribution in [-0.4, -0.2) is 30.1 Å². The van der Waals surface area contributed by atoms with Crippen LogP contribution in [0, 0.1) is 11.3 Å². The van der Waals surface area contributed by atoms with Gasteiger partial charge in [0.05, 0.1) is 11.6 Å². The second-order valence-corrected chi connectivity index (χ2v) is 8.52. The molecule has 4 nitrogen and oxygen atoms in total. The van der Waals surface area contributed by atoms with E-state index in [4.69, 9.17) is 16.9 Å². The van der Waals surface area contributed by atoms with Crippen molar-refractivity contribution in [2.24, 2.45) is 0 Å². The maximum absolute atomic E-state index is 13.0. The van der Waals surface area contributed by atoms with Crippen molar-refractivity contribution in [2.75, 3.05) is 18.0 Å². The van der Waals surface area contributed by atoms with Gasteiger partial charge in [-0.2, -0.15) is 5.26 Å². The molecular formula is C23H24ClN3O. The maximum Gasteiger partial charge on any atom is 0.324 e. The molecule has 2 fully saturated rings. The molecule has 0 aromatic heterocycles. The first-order valence-corrected chi connectivity index (χ1v) is 10.2. The number of hydrogen-bond acceptors (Lipinski definition) is 2. The number of hydrogen-bond donors (Lipinski definition) is 0. The van der Waals surface area contributed by atoms with Crippen LogP contribution in [-0.2, 0) is 5.41 Å². The highest BCUT2D eigenvalue weighted by atomic mass is 35.5. The summed E-state index contributed by atoms with van der Waals surface area (Å²) < 4.78 is 0. The molecule has 28 heavy (non-hydrogen) atoms. The van der Waals surface area contributed by atoms with Crippen LogP contribution < -0.4 is 4.90 Å². The van der Waals surface area contributed by atoms with Gasteiger partial charge < -0.3 is 4.90 Å². The lowest BCUT2D eigenvalue weighted by Crippen LogP contribution is -2.43. The number of carbonyl (C=O) groups is 1. The highest BCUT2D eigenvalue weighted by molar-refractivity contribution is 6.30. The van der Waals surface area contributed by atoms with E-state index in [2.05, 4.69) is 25.1 Å². The number of rotatable bonds is 3. The second kappa shape index (κ2) is 7.48. The molecule has 1 saturated heterocycles. The summed E-state index contributed by atoms with van der Waals surface area (Å²) >= 11 is 6.19. The Labute approximate surface area is 171 Å². The molecule has 1 aliphatic heterocycles. The summed E-state index contributed by atoms with van der Waals surface area (Å²) in [5.74, 6) is 0. The first-order valence-electron chi connectivity index (χ1n) is 9.84. The van der Waals surface area contributed by atoms with Crippen molar-refractivity contribution < 1.29 is 4.79 Å². The van der Waals surface area contributed by atoms with Gasteiger partial charge in [0, 0.05) is 29.8 Å². The van der Waals surface area contributed by atoms with Crippen LogP contribution in [0.1, 0.15) is 43.7 Å². The number of urea groups is 1. The summed E-state index contributed by atoms with van der Waals surface area (Å²) in [5, 5.41) is 9.74. The number of halogens is 1. The normalized spacial score (nSPS) is 25.0. The lowest BCUT2D eigenvalue weighted by Gasteiger charge is -2.41. The van der Waals surface area contributed by atoms with Gasteiger partial charge in [-0.3, -0.25) is 4.90 Å². The van der Waals surface area contributed by atoms with E-state index in [1.54, 1.807) is 12.1 Å². The molecule has 1 heterocycles. The summed E-state index contributed by atoms with van der Waals surface area (Å²) in [6.45, 7) is 3.77. The average molecular weight is 394 g/mol. The van der Waals surface area contributed by atoms with E-state index in [1.807, 2.05) is 34.1 Å². The van der Waals surface area contributed by atoms with E-state index in [0.29, 0.717) is 18.2 Å². The van der Waals surface area contributed by atoms with Crippen molar-refractivity contribution in [3.63, 3.8) is 0 Å². The third kappa shape index (κ3) is 3.47. The SMILES string of the molecule is C[C@]1(c2cccc(Cl)c2)CC[C@H](N2CCN(c3ccc(C#N)cc3)C2=O)CC1. The summed E-state index contributed by atoms with van der Waals surface area (Å²) in [6, 6.07) is 17.9. The number of nitrogens with zero attached hydrogens (tertiary/aromatic N) is 3. The summed E-state index contributed by atoms with van der Waals surface area (Å²) in [5.41, 5.74) is 2.90. The lowest BCUT2D eigenvalue weighted by molar-refractivity contribution is 0.159. The molecule has 2 aliphatic rings. The number of carbonyl (C=O) groups excluding carboxylic acids is 1. The predicted molar refractivity (Wildman–Crippen MR) is 112 cm³/mol. The van der Waals surface area contributed by atoms with Crippen molar-refractivity contribution >= 4 is 23.3 Å². The monoisotopic (exact) mass is 393 g/mol. The molecule has 0 N–H and O–H groups in total. The van der Waals surface area contributed by atoms with E-state index in [-0.39, 0.29) is 11.4 Å². The standard InChI is InChI=1S/C23H24ClN3O/c1-23(18-3-2-4-19(24)15-18)11-9-21(10-12-23)27-14-13-26(22(27)28)20-7-5-17(16-25)6-8-20/h2-8,15,21H,9-14H2,1H3/t21-,23-. The van der Waals surface area contributed by atoms with Gasteiger partial charge in [-0.15, -0.1) is 0 Å². The van der Waals surface area contributed by atoms with Gasteiger partial charge in [0.25, 0.3) is 0 Å². The van der Waals surface area contributed by atoms with Crippen LogP contribution in [0.25, 0.3) is 0 Å². The minimum absolute atomic E-state index is 0.0843. The smallest absolute Gasteiger partial charge is 0.320 e. The zero-order valence-electron chi connectivity index (χ0n) is 16.1. The van der Waals surface area contributed by atoms with Crippen molar-refractivity contribution in [3.8, 4) is 6.07 Å². The molecule has 144 valence electrons. The van der Waals surface area contributed by atoms with Crippen LogP contribution in [0.3, 0.4) is 0 Å². The van der Waals surface area contributed by atoms with Crippen molar-refractivity contribution in [3.05, 3.63) is 64.7 Å². The zero-order valence-corrected chi connectivity index (χ0v) is 16.8. The first kappa shape index (κ1) is 18.8. The maximum atomic E-state index is 13.0. The van der Waals surface area contributed by atoms with Gasteiger partial charge >= 0.3 is 6.03 Å². The summed E-state index contributed by atoms with van der Waals surface area (Å²) in [7, 11) is 0. The predicted octanol–water partition coefficient (Wildman–Crippen LogP) is 5.35. The zero-order chi connectivity index (χ0) is 19.7. The fourth-order valence-electron chi connectivity index (χ4n) is 4.55. The van der Waals surface area contributed by atoms with Gasteiger partial charge in [0.2, 0.25) is 0 Å². The lowest BCUT2D eigenvalue weighted by atomic mass is 9.69. The minimum atomic E-state index is 0.0843. The Balaban J connectivity index is 1.42. The summed E-state index contributed by atoms with van der Waals surface area (Å²) in [6.07, 6.45) is 4.13. The Hall–Kier alpha value is -2.51. The fraction of sp³-hybridized carbons (Fsp3) is 0.391. The van der Waals surface area contributed by atoms with Crippen LogP contribution in [0.4, 0.5) is 10.5 Å². The number of amides is 2. The average Bonchev–Trinajstić information content (AvgIpc) is 3.10. The molecule has 0 radical (unpaired) electrons. The molecule has 2 amide bonds. The Morgan fingerprint density at radius 3 is 2.46 bits per heavy atom. The van der Waals surface area contributed by atoms with Gasteiger partial charge in [-0.1, -0.05) is 30.7 Å². The highest BCUT2D eigenvalue weighted by Crippen LogP contribution is 2.41. The number of nitriles is 1. The first-order chi connectivity index (χ1) is 13.5. The molecule has 0 atom stereocenters. The van der Waals surface area contributed by atoms with Gasteiger partial charge in [0.1, 0.15) is 0 Å².